The molecule has 7 atom stereocenters. The molecule has 7 rings (SSSR count). The highest BCUT2D eigenvalue weighted by Gasteiger charge is 2.60. The van der Waals surface area contributed by atoms with Crippen molar-refractivity contribution in [3.8, 4) is 0 Å². The van der Waals surface area contributed by atoms with Crippen LogP contribution in [-0.2, 0) is 33.8 Å². The van der Waals surface area contributed by atoms with E-state index >= 15 is 4.39 Å². The number of imidazole rings is 1. The van der Waals surface area contributed by atoms with E-state index in [0.29, 0.717) is 0 Å². The maximum Gasteiger partial charge on any atom is 0.386 e. The zero-order valence-electron chi connectivity index (χ0n) is 20.2. The standard InChI is InChI=1S/C19H21FN11O7PS/c20-19(31-14-11(28-29-31)13(21)23-5-24-14)7-1-2-34-10-3-8(38-39(33,40)35-4-9(7)37-19)17(36-10)30-6-25-12-15(30)26-18(22)27-16(12)32/h5-10,17H,1-4H2,(H,33,40)(H2,21,23,24)(H3,22,26,27,32)/t7?,8-,9?,10-,17?,19?,39?/m0/s1. The van der Waals surface area contributed by atoms with Crippen molar-refractivity contribution >= 4 is 53.1 Å². The number of fused-ring (bicyclic) bond motifs is 5. The van der Waals surface area contributed by atoms with E-state index in [1.165, 1.54) is 10.9 Å². The highest BCUT2D eigenvalue weighted by Crippen LogP contribution is 2.58. The van der Waals surface area contributed by atoms with Crippen molar-refractivity contribution in [3.63, 3.8) is 0 Å². The van der Waals surface area contributed by atoms with Gasteiger partial charge in [-0.15, -0.1) is 5.10 Å². The summed E-state index contributed by atoms with van der Waals surface area (Å²) in [5.74, 6) is -3.46. The molecule has 5 N–H and O–H groups in total. The third kappa shape index (κ3) is 4.06. The maximum absolute atomic E-state index is 16.3. The minimum absolute atomic E-state index is 0.0183. The van der Waals surface area contributed by atoms with Gasteiger partial charge in [0.15, 0.2) is 40.7 Å². The maximum atomic E-state index is 16.3. The molecule has 5 unspecified atom stereocenters. The van der Waals surface area contributed by atoms with Crippen LogP contribution in [0.25, 0.3) is 22.3 Å². The Balaban J connectivity index is 1.17. The van der Waals surface area contributed by atoms with Gasteiger partial charge < -0.3 is 25.7 Å². The number of rotatable bonds is 2. The first-order valence-electron chi connectivity index (χ1n) is 12.0. The second-order valence-corrected chi connectivity index (χ2v) is 12.2. The Hall–Kier alpha value is -3.26. The summed E-state index contributed by atoms with van der Waals surface area (Å²) >= 11 is 4.10. The van der Waals surface area contributed by atoms with E-state index in [0.717, 1.165) is 11.0 Å². The number of thiol groups is 1. The molecule has 21 heteroatoms. The summed E-state index contributed by atoms with van der Waals surface area (Å²) in [5, 5.41) is 7.72. The van der Waals surface area contributed by atoms with E-state index in [1.807, 2.05) is 0 Å². The van der Waals surface area contributed by atoms with Crippen molar-refractivity contribution in [3.05, 3.63) is 23.0 Å². The van der Waals surface area contributed by atoms with E-state index in [1.54, 1.807) is 0 Å². The fourth-order valence-electron chi connectivity index (χ4n) is 5.11. The largest absolute Gasteiger partial charge is 0.386 e. The highest BCUT2D eigenvalue weighted by molar-refractivity contribution is 8.44. The Morgan fingerprint density at radius 3 is 2.90 bits per heavy atom. The first kappa shape index (κ1) is 25.7. The fraction of sp³-hybridized carbons (Fsp3) is 0.526. The van der Waals surface area contributed by atoms with Gasteiger partial charge in [0, 0.05) is 6.42 Å². The van der Waals surface area contributed by atoms with Gasteiger partial charge in [-0.05, 0) is 6.42 Å². The third-order valence-corrected chi connectivity index (χ3v) is 8.58. The number of nitrogens with zero attached hydrogens (tertiary/aromatic N) is 8. The van der Waals surface area contributed by atoms with Crippen LogP contribution in [0.4, 0.5) is 16.2 Å². The molecule has 3 aliphatic rings. The van der Waals surface area contributed by atoms with Gasteiger partial charge in [0.05, 0.1) is 31.6 Å². The Kier molecular flexibility index (Phi) is 5.86. The van der Waals surface area contributed by atoms with Crippen LogP contribution in [0.2, 0.25) is 0 Å². The van der Waals surface area contributed by atoms with Crippen molar-refractivity contribution < 1.29 is 32.2 Å². The van der Waals surface area contributed by atoms with Crippen LogP contribution < -0.4 is 17.0 Å². The topological polar surface area (TPSA) is 235 Å². The lowest BCUT2D eigenvalue weighted by Gasteiger charge is -2.48. The average Bonchev–Trinajstić information content (AvgIpc) is 3.61. The number of nitrogen functional groups attached to an aromatic ring is 2. The van der Waals surface area contributed by atoms with E-state index in [9.17, 15) is 9.36 Å². The fourth-order valence-corrected chi connectivity index (χ4v) is 6.60. The summed E-state index contributed by atoms with van der Waals surface area (Å²) in [6, 6.07) is 0. The molecule has 0 aliphatic carbocycles. The number of H-pyrrole nitrogens is 1. The molecule has 4 aromatic rings. The van der Waals surface area contributed by atoms with Crippen LogP contribution in [0.5, 0.6) is 0 Å². The van der Waals surface area contributed by atoms with E-state index in [4.69, 9.17) is 34.7 Å². The van der Waals surface area contributed by atoms with E-state index < -0.39 is 49.0 Å². The Bertz CT molecular complexity index is 1740. The summed E-state index contributed by atoms with van der Waals surface area (Å²) in [6.45, 7) is -4.32. The number of hydrogen-bond donors (Lipinski definition) is 4. The second-order valence-electron chi connectivity index (χ2n) is 9.34. The van der Waals surface area contributed by atoms with Gasteiger partial charge in [0.25, 0.3) is 5.56 Å². The lowest BCUT2D eigenvalue weighted by atomic mass is 9.89. The predicted octanol–water partition coefficient (Wildman–Crippen LogP) is 0.219. The summed E-state index contributed by atoms with van der Waals surface area (Å²) in [6.07, 6.45) is -0.901. The second kappa shape index (κ2) is 9.13. The Labute approximate surface area is 227 Å². The summed E-state index contributed by atoms with van der Waals surface area (Å²) in [7, 11) is 0. The smallest absolute Gasteiger partial charge is 0.382 e. The number of anilines is 2. The molecule has 212 valence electrons. The van der Waals surface area contributed by atoms with Crippen LogP contribution in [0.1, 0.15) is 19.1 Å². The van der Waals surface area contributed by atoms with Gasteiger partial charge in [0.1, 0.15) is 12.4 Å². The van der Waals surface area contributed by atoms with Crippen molar-refractivity contribution in [2.75, 3.05) is 24.7 Å². The SMILES string of the molecule is Nc1nc2c(ncn2C2O[C@H]3C[C@@H]2OP(=O)(S)OCC2OC(F)(n4nnc5c(N)ncnc54)C2CCO3)c(=O)[nH]1. The number of nitrogens with one attached hydrogen (secondary N) is 1. The monoisotopic (exact) mass is 597 g/mol. The molecule has 0 aromatic carbocycles. The van der Waals surface area contributed by atoms with Gasteiger partial charge in [-0.3, -0.25) is 23.4 Å². The molecular formula is C19H21FN11O7PS. The van der Waals surface area contributed by atoms with Crippen LogP contribution >= 0.6 is 19.0 Å². The molecule has 4 aromatic heterocycles. The van der Waals surface area contributed by atoms with Crippen LogP contribution in [0.15, 0.2) is 17.4 Å². The summed E-state index contributed by atoms with van der Waals surface area (Å²) < 4.78 is 60.5. The van der Waals surface area contributed by atoms with Crippen LogP contribution in [0.3, 0.4) is 0 Å². The summed E-state index contributed by atoms with van der Waals surface area (Å²) in [5.41, 5.74) is 11.3. The van der Waals surface area contributed by atoms with Crippen molar-refractivity contribution in [1.29, 1.82) is 0 Å². The molecule has 3 fully saturated rings. The normalized spacial score (nSPS) is 34.7. The number of alkyl halides is 1. The van der Waals surface area contributed by atoms with E-state index in [-0.39, 0.29) is 60.1 Å². The zero-order chi connectivity index (χ0) is 27.8. The number of aromatic nitrogens is 9. The quantitative estimate of drug-likeness (QED) is 0.179. The third-order valence-electron chi connectivity index (χ3n) is 6.94. The van der Waals surface area contributed by atoms with Gasteiger partial charge in [-0.1, -0.05) is 17.5 Å². The Morgan fingerprint density at radius 2 is 2.05 bits per heavy atom. The molecule has 18 nitrogen and oxygen atoms in total. The molecule has 0 radical (unpaired) electrons. The lowest BCUT2D eigenvalue weighted by Crippen LogP contribution is -2.60. The van der Waals surface area contributed by atoms with Crippen molar-refractivity contribution in [1.82, 2.24) is 44.5 Å². The average molecular weight is 597 g/mol. The van der Waals surface area contributed by atoms with Crippen LogP contribution in [0, 0.1) is 5.92 Å². The molecule has 40 heavy (non-hydrogen) atoms. The number of hydrogen-bond acceptors (Lipinski definition) is 15. The van der Waals surface area contributed by atoms with Crippen molar-refractivity contribution in [2.45, 2.75) is 43.5 Å². The molecule has 3 saturated heterocycles. The van der Waals surface area contributed by atoms with Gasteiger partial charge in [-0.2, -0.15) is 14.1 Å². The number of ether oxygens (including phenoxy) is 3. The predicted molar refractivity (Wildman–Crippen MR) is 134 cm³/mol. The zero-order valence-corrected chi connectivity index (χ0v) is 22.0. The summed E-state index contributed by atoms with van der Waals surface area (Å²) in [4.78, 5) is 30.7. The van der Waals surface area contributed by atoms with Gasteiger partial charge in [-0.25, -0.2) is 19.5 Å². The highest BCUT2D eigenvalue weighted by atomic mass is 32.7. The molecule has 0 saturated carbocycles. The first-order valence-corrected chi connectivity index (χ1v) is 14.7. The van der Waals surface area contributed by atoms with Crippen LogP contribution in [-0.4, -0.2) is 76.2 Å². The van der Waals surface area contributed by atoms with Gasteiger partial charge >= 0.3 is 12.8 Å². The van der Waals surface area contributed by atoms with Gasteiger partial charge in [0.2, 0.25) is 5.95 Å². The van der Waals surface area contributed by atoms with E-state index in [2.05, 4.69) is 47.5 Å². The Morgan fingerprint density at radius 1 is 1.20 bits per heavy atom. The lowest BCUT2D eigenvalue weighted by molar-refractivity contribution is -0.389. The molecule has 2 bridgehead atoms. The minimum atomic E-state index is -4.04. The molecule has 0 amide bonds. The molecule has 0 spiro atoms. The molecule has 7 heterocycles. The molecule has 3 aliphatic heterocycles. The number of nitrogens with two attached hydrogens (primary N) is 2. The minimum Gasteiger partial charge on any atom is -0.382 e. The first-order chi connectivity index (χ1) is 19.1. The van der Waals surface area contributed by atoms with Crippen molar-refractivity contribution in [2.24, 2.45) is 5.92 Å². The molecular weight excluding hydrogens is 576 g/mol. The number of halogens is 1. The number of aromatic amines is 1.